The first kappa shape index (κ1) is 23.8. The maximum absolute atomic E-state index is 13.5. The summed E-state index contributed by atoms with van der Waals surface area (Å²) in [5.41, 5.74) is 0. The van der Waals surface area contributed by atoms with Gasteiger partial charge in [0.1, 0.15) is 0 Å². The van der Waals surface area contributed by atoms with Gasteiger partial charge in [-0.15, -0.1) is 0 Å². The van der Waals surface area contributed by atoms with Crippen LogP contribution in [0.1, 0.15) is 128 Å². The third-order valence-electron chi connectivity index (χ3n) is 8.75. The fraction of sp³-hybridized carbons (Fsp3) is 0.857. The van der Waals surface area contributed by atoms with Crippen LogP contribution in [0.2, 0.25) is 0 Å². The molecule has 0 spiro atoms. The van der Waals surface area contributed by atoms with E-state index in [1.54, 1.807) is 12.2 Å². The molecule has 180 valence electrons. The fourth-order valence-corrected chi connectivity index (χ4v) is 7.07. The molecule has 4 rings (SSSR count). The Balaban J connectivity index is 1.46. The lowest BCUT2D eigenvalue weighted by atomic mass is 9.88. The van der Waals surface area contributed by atoms with Crippen molar-refractivity contribution in [2.75, 3.05) is 0 Å². The topological polar surface area (TPSA) is 40.6 Å². The van der Waals surface area contributed by atoms with Crippen LogP contribution in [0.25, 0.3) is 0 Å². The zero-order valence-electron chi connectivity index (χ0n) is 20.3. The summed E-state index contributed by atoms with van der Waals surface area (Å²) >= 11 is 0. The first-order valence-electron chi connectivity index (χ1n) is 14.1. The van der Waals surface area contributed by atoms with E-state index < -0.39 is 0 Å². The van der Waals surface area contributed by atoms with E-state index >= 15 is 0 Å². The molecule has 0 aliphatic heterocycles. The molecule has 0 aromatic carbocycles. The van der Waals surface area contributed by atoms with Crippen LogP contribution in [0.3, 0.4) is 0 Å². The average Bonchev–Trinajstić information content (AvgIpc) is 2.86. The summed E-state index contributed by atoms with van der Waals surface area (Å²) in [4.78, 5) is 31.4. The average molecular weight is 443 g/mol. The van der Waals surface area contributed by atoms with Gasteiger partial charge >= 0.3 is 0 Å². The van der Waals surface area contributed by atoms with E-state index in [1.165, 1.54) is 77.0 Å². The molecule has 0 bridgehead atoms. The van der Waals surface area contributed by atoms with Crippen molar-refractivity contribution >= 4 is 11.8 Å². The van der Waals surface area contributed by atoms with E-state index in [0.29, 0.717) is 24.2 Å². The van der Waals surface area contributed by atoms with Gasteiger partial charge in [0.15, 0.2) is 0 Å². The molecule has 0 saturated heterocycles. The molecule has 4 fully saturated rings. The van der Waals surface area contributed by atoms with Crippen LogP contribution in [0, 0.1) is 0 Å². The molecule has 4 saturated carbocycles. The smallest absolute Gasteiger partial charge is 0.247 e. The molecule has 4 nitrogen and oxygen atoms in total. The quantitative estimate of drug-likeness (QED) is 0.439. The standard InChI is InChI=1S/C28H46N2O2/c31-27(29(23-13-5-1-6-14-23)24-15-7-2-8-16-24)21-22-28(32)30(25-17-9-3-10-18-25)26-19-11-4-12-20-26/h21-26H,1-20H2/b22-21+. The Morgan fingerprint density at radius 1 is 0.406 bits per heavy atom. The molecule has 0 heterocycles. The lowest BCUT2D eigenvalue weighted by molar-refractivity contribution is -0.135. The highest BCUT2D eigenvalue weighted by Gasteiger charge is 2.33. The highest BCUT2D eigenvalue weighted by atomic mass is 16.2. The SMILES string of the molecule is O=C(/C=C/C(=O)N(C1CCCCC1)C1CCCCC1)N(C1CCCCC1)C1CCCCC1. The molecule has 0 N–H and O–H groups in total. The summed E-state index contributed by atoms with van der Waals surface area (Å²) < 4.78 is 0. The summed E-state index contributed by atoms with van der Waals surface area (Å²) in [7, 11) is 0. The number of carbonyl (C=O) groups is 2. The number of amides is 2. The highest BCUT2D eigenvalue weighted by Crippen LogP contribution is 2.32. The summed E-state index contributed by atoms with van der Waals surface area (Å²) in [6, 6.07) is 1.53. The lowest BCUT2D eigenvalue weighted by Crippen LogP contribution is -2.49. The second-order valence-corrected chi connectivity index (χ2v) is 11.0. The van der Waals surface area contributed by atoms with Gasteiger partial charge in [0.05, 0.1) is 0 Å². The maximum Gasteiger partial charge on any atom is 0.247 e. The highest BCUT2D eigenvalue weighted by molar-refractivity contribution is 5.97. The van der Waals surface area contributed by atoms with Crippen LogP contribution in [-0.2, 0) is 9.59 Å². The summed E-state index contributed by atoms with van der Waals surface area (Å²) in [6.07, 6.45) is 27.5. The van der Waals surface area contributed by atoms with E-state index in [-0.39, 0.29) is 11.8 Å². The number of hydrogen-bond acceptors (Lipinski definition) is 2. The maximum atomic E-state index is 13.5. The van der Waals surface area contributed by atoms with Gasteiger partial charge in [0.2, 0.25) is 11.8 Å². The number of carbonyl (C=O) groups excluding carboxylic acids is 2. The zero-order valence-corrected chi connectivity index (χ0v) is 20.3. The van der Waals surface area contributed by atoms with Gasteiger partial charge in [-0.05, 0) is 51.4 Å². The second kappa shape index (κ2) is 12.2. The van der Waals surface area contributed by atoms with E-state index in [1.807, 2.05) is 0 Å². The zero-order chi connectivity index (χ0) is 22.2. The van der Waals surface area contributed by atoms with E-state index in [0.717, 1.165) is 51.4 Å². The molecule has 4 heteroatoms. The Labute approximate surface area is 196 Å². The molecular weight excluding hydrogens is 396 g/mol. The third-order valence-corrected chi connectivity index (χ3v) is 8.75. The summed E-state index contributed by atoms with van der Waals surface area (Å²) in [6.45, 7) is 0. The number of nitrogens with zero attached hydrogens (tertiary/aromatic N) is 2. The third kappa shape index (κ3) is 6.17. The number of hydrogen-bond donors (Lipinski definition) is 0. The van der Waals surface area contributed by atoms with Crippen molar-refractivity contribution in [2.45, 2.75) is 153 Å². The van der Waals surface area contributed by atoms with Gasteiger partial charge < -0.3 is 9.80 Å². The van der Waals surface area contributed by atoms with E-state index in [4.69, 9.17) is 0 Å². The first-order chi connectivity index (χ1) is 15.7. The van der Waals surface area contributed by atoms with Crippen molar-refractivity contribution in [1.29, 1.82) is 0 Å². The first-order valence-corrected chi connectivity index (χ1v) is 14.1. The van der Waals surface area contributed by atoms with Crippen LogP contribution in [-0.4, -0.2) is 45.8 Å². The van der Waals surface area contributed by atoms with Crippen molar-refractivity contribution in [3.8, 4) is 0 Å². The Kier molecular flexibility index (Phi) is 9.11. The van der Waals surface area contributed by atoms with Crippen molar-refractivity contribution in [3.05, 3.63) is 12.2 Å². The molecule has 4 aliphatic rings. The monoisotopic (exact) mass is 442 g/mol. The molecule has 0 unspecified atom stereocenters. The Morgan fingerprint density at radius 2 is 0.625 bits per heavy atom. The van der Waals surface area contributed by atoms with Crippen LogP contribution in [0.4, 0.5) is 0 Å². The van der Waals surface area contributed by atoms with Crippen LogP contribution in [0.15, 0.2) is 12.2 Å². The van der Waals surface area contributed by atoms with Gasteiger partial charge in [-0.3, -0.25) is 9.59 Å². The molecule has 0 atom stereocenters. The Hall–Kier alpha value is -1.32. The molecule has 2 amide bonds. The minimum absolute atomic E-state index is 0.101. The molecule has 0 radical (unpaired) electrons. The van der Waals surface area contributed by atoms with Gasteiger partial charge in [0, 0.05) is 36.3 Å². The predicted octanol–water partition coefficient (Wildman–Crippen LogP) is 6.53. The lowest BCUT2D eigenvalue weighted by Gasteiger charge is -2.42. The van der Waals surface area contributed by atoms with Crippen molar-refractivity contribution in [1.82, 2.24) is 9.80 Å². The predicted molar refractivity (Wildman–Crippen MR) is 130 cm³/mol. The summed E-state index contributed by atoms with van der Waals surface area (Å²) in [5, 5.41) is 0. The normalized spacial score (nSPS) is 25.1. The summed E-state index contributed by atoms with van der Waals surface area (Å²) in [5.74, 6) is 0.203. The van der Waals surface area contributed by atoms with Crippen molar-refractivity contribution in [3.63, 3.8) is 0 Å². The molecule has 0 aromatic heterocycles. The Bertz CT molecular complexity index is 531. The van der Waals surface area contributed by atoms with Gasteiger partial charge in [-0.2, -0.15) is 0 Å². The van der Waals surface area contributed by atoms with Crippen molar-refractivity contribution < 1.29 is 9.59 Å². The Morgan fingerprint density at radius 3 is 0.844 bits per heavy atom. The van der Waals surface area contributed by atoms with Gasteiger partial charge in [-0.25, -0.2) is 0 Å². The molecule has 0 aromatic rings. The van der Waals surface area contributed by atoms with Gasteiger partial charge in [0.25, 0.3) is 0 Å². The molecular formula is C28H46N2O2. The van der Waals surface area contributed by atoms with Gasteiger partial charge in [-0.1, -0.05) is 77.0 Å². The minimum atomic E-state index is 0.101. The number of rotatable bonds is 6. The minimum Gasteiger partial charge on any atom is -0.333 e. The molecule has 32 heavy (non-hydrogen) atoms. The van der Waals surface area contributed by atoms with E-state index in [9.17, 15) is 9.59 Å². The second-order valence-electron chi connectivity index (χ2n) is 11.0. The van der Waals surface area contributed by atoms with E-state index in [2.05, 4.69) is 9.80 Å². The van der Waals surface area contributed by atoms with Crippen LogP contribution >= 0.6 is 0 Å². The van der Waals surface area contributed by atoms with Crippen LogP contribution in [0.5, 0.6) is 0 Å². The molecule has 4 aliphatic carbocycles. The largest absolute Gasteiger partial charge is 0.333 e. The van der Waals surface area contributed by atoms with Crippen molar-refractivity contribution in [2.24, 2.45) is 0 Å². The van der Waals surface area contributed by atoms with Crippen LogP contribution < -0.4 is 0 Å². The fourth-order valence-electron chi connectivity index (χ4n) is 7.07.